The number of alkyl halides is 3. The molecule has 1 aromatic carbocycles. The van der Waals surface area contributed by atoms with Crippen LogP contribution < -0.4 is 4.72 Å². The molecule has 0 saturated heterocycles. The summed E-state index contributed by atoms with van der Waals surface area (Å²) in [6, 6.07) is 3.67. The van der Waals surface area contributed by atoms with Gasteiger partial charge in [0.05, 0.1) is 4.90 Å². The lowest BCUT2D eigenvalue weighted by atomic mass is 9.76. The molecule has 2 rings (SSSR count). The average Bonchev–Trinajstić information content (AvgIpc) is 2.28. The van der Waals surface area contributed by atoms with E-state index in [2.05, 4.69) is 20.7 Å². The molecule has 1 aromatic rings. The molecule has 0 aliphatic heterocycles. The van der Waals surface area contributed by atoms with Gasteiger partial charge in [-0.3, -0.25) is 0 Å². The third kappa shape index (κ3) is 3.10. The topological polar surface area (TPSA) is 66.4 Å². The first kappa shape index (κ1) is 16.7. The van der Waals surface area contributed by atoms with Gasteiger partial charge in [0.25, 0.3) is 0 Å². The number of rotatable bonds is 3. The minimum absolute atomic E-state index is 0.0371. The van der Waals surface area contributed by atoms with Crippen LogP contribution in [0.25, 0.3) is 0 Å². The molecule has 0 heterocycles. The number of sulfonamides is 1. The minimum Gasteiger partial charge on any atom is -0.380 e. The van der Waals surface area contributed by atoms with Crippen LogP contribution in [-0.4, -0.2) is 31.3 Å². The lowest BCUT2D eigenvalue weighted by Crippen LogP contribution is -2.62. The Morgan fingerprint density at radius 3 is 2.48 bits per heavy atom. The number of halogens is 4. The zero-order valence-electron chi connectivity index (χ0n) is 10.9. The first-order chi connectivity index (χ1) is 9.46. The maximum Gasteiger partial charge on any atom is 0.417 e. The normalized spacial score (nSPS) is 26.5. The Hall–Kier alpha value is -0.640. The number of nitrogens with one attached hydrogen (secondary N) is 1. The fraction of sp³-hybridized carbons (Fsp3) is 0.500. The Kier molecular flexibility index (Phi) is 4.16. The minimum atomic E-state index is -4.75. The van der Waals surface area contributed by atoms with Crippen LogP contribution in [0.4, 0.5) is 13.2 Å². The fourth-order valence-electron chi connectivity index (χ4n) is 2.18. The molecule has 0 bridgehead atoms. The standard InChI is InChI=1S/C12H13BrF3NO3S/c1-7-3-2-4-9(10(7)13)21(19,20)17-8-5-11(18,6-8)12(14,15)16/h2-4,8,17-18H,5-6H2,1H3. The number of benzene rings is 1. The summed E-state index contributed by atoms with van der Waals surface area (Å²) in [5.74, 6) is 0. The van der Waals surface area contributed by atoms with Crippen molar-refractivity contribution in [3.05, 3.63) is 28.2 Å². The SMILES string of the molecule is Cc1cccc(S(=O)(=O)NC2CC(O)(C(F)(F)F)C2)c1Br. The van der Waals surface area contributed by atoms with Gasteiger partial charge < -0.3 is 5.11 Å². The van der Waals surface area contributed by atoms with Crippen molar-refractivity contribution in [1.29, 1.82) is 0 Å². The lowest BCUT2D eigenvalue weighted by Gasteiger charge is -2.44. The third-order valence-electron chi connectivity index (χ3n) is 3.46. The monoisotopic (exact) mass is 387 g/mol. The van der Waals surface area contributed by atoms with Crippen LogP contribution >= 0.6 is 15.9 Å². The van der Waals surface area contributed by atoms with Crippen molar-refractivity contribution in [2.45, 2.75) is 42.5 Å². The van der Waals surface area contributed by atoms with Crippen LogP contribution in [0.1, 0.15) is 18.4 Å². The van der Waals surface area contributed by atoms with Gasteiger partial charge in [-0.05, 0) is 34.5 Å². The van der Waals surface area contributed by atoms with Crippen molar-refractivity contribution in [3.8, 4) is 0 Å². The van der Waals surface area contributed by atoms with Crippen LogP contribution in [0.3, 0.4) is 0 Å². The van der Waals surface area contributed by atoms with Gasteiger partial charge in [0.2, 0.25) is 10.0 Å². The Morgan fingerprint density at radius 2 is 1.95 bits per heavy atom. The largest absolute Gasteiger partial charge is 0.417 e. The smallest absolute Gasteiger partial charge is 0.380 e. The van der Waals surface area contributed by atoms with Crippen LogP contribution in [0, 0.1) is 6.92 Å². The van der Waals surface area contributed by atoms with Gasteiger partial charge >= 0.3 is 6.18 Å². The van der Waals surface area contributed by atoms with Gasteiger partial charge in [0, 0.05) is 23.4 Å². The van der Waals surface area contributed by atoms with E-state index in [0.717, 1.165) is 0 Å². The van der Waals surface area contributed by atoms with E-state index < -0.39 is 40.7 Å². The Balaban J connectivity index is 2.13. The quantitative estimate of drug-likeness (QED) is 0.837. The van der Waals surface area contributed by atoms with Crippen molar-refractivity contribution in [2.24, 2.45) is 0 Å². The van der Waals surface area contributed by atoms with Crippen LogP contribution in [0.2, 0.25) is 0 Å². The van der Waals surface area contributed by atoms with E-state index >= 15 is 0 Å². The summed E-state index contributed by atoms with van der Waals surface area (Å²) in [5.41, 5.74) is -2.11. The predicted molar refractivity (Wildman–Crippen MR) is 73.2 cm³/mol. The molecule has 1 saturated carbocycles. The molecule has 1 aliphatic rings. The summed E-state index contributed by atoms with van der Waals surface area (Å²) in [5, 5.41) is 9.31. The lowest BCUT2D eigenvalue weighted by molar-refractivity contribution is -0.290. The van der Waals surface area contributed by atoms with Gasteiger partial charge in [-0.25, -0.2) is 13.1 Å². The summed E-state index contributed by atoms with van der Waals surface area (Å²) in [4.78, 5) is -0.0371. The molecule has 1 aliphatic carbocycles. The zero-order chi connectivity index (χ0) is 16.1. The maximum absolute atomic E-state index is 12.5. The second kappa shape index (κ2) is 5.22. The van der Waals surface area contributed by atoms with Crippen LogP contribution in [-0.2, 0) is 10.0 Å². The Bertz CT molecular complexity index is 654. The van der Waals surface area contributed by atoms with Crippen molar-refractivity contribution in [3.63, 3.8) is 0 Å². The molecule has 1 fully saturated rings. The number of aliphatic hydroxyl groups is 1. The van der Waals surface area contributed by atoms with Crippen molar-refractivity contribution < 1.29 is 26.7 Å². The highest BCUT2D eigenvalue weighted by Gasteiger charge is 2.61. The summed E-state index contributed by atoms with van der Waals surface area (Å²) >= 11 is 3.15. The molecule has 4 nitrogen and oxygen atoms in total. The molecule has 0 spiro atoms. The van der Waals surface area contributed by atoms with Gasteiger partial charge in [-0.1, -0.05) is 12.1 Å². The fourth-order valence-corrected chi connectivity index (χ4v) is 4.47. The van der Waals surface area contributed by atoms with E-state index in [1.807, 2.05) is 0 Å². The number of aryl methyl sites for hydroxylation is 1. The van der Waals surface area contributed by atoms with Crippen molar-refractivity contribution in [2.75, 3.05) is 0 Å². The van der Waals surface area contributed by atoms with Crippen LogP contribution in [0.5, 0.6) is 0 Å². The van der Waals surface area contributed by atoms with E-state index in [9.17, 15) is 26.7 Å². The molecular formula is C12H13BrF3NO3S. The average molecular weight is 388 g/mol. The first-order valence-electron chi connectivity index (χ1n) is 6.03. The van der Waals surface area contributed by atoms with Gasteiger partial charge in [0.15, 0.2) is 5.60 Å². The highest BCUT2D eigenvalue weighted by Crippen LogP contribution is 2.45. The molecule has 21 heavy (non-hydrogen) atoms. The second-order valence-electron chi connectivity index (χ2n) is 5.14. The molecule has 118 valence electrons. The van der Waals surface area contributed by atoms with E-state index in [1.54, 1.807) is 19.1 Å². The molecule has 9 heteroatoms. The summed E-state index contributed by atoms with van der Waals surface area (Å²) in [6.45, 7) is 1.70. The van der Waals surface area contributed by atoms with Gasteiger partial charge in [-0.15, -0.1) is 0 Å². The predicted octanol–water partition coefficient (Wildman–Crippen LogP) is 2.49. The zero-order valence-corrected chi connectivity index (χ0v) is 13.3. The molecule has 2 N–H and O–H groups in total. The molecule has 0 amide bonds. The number of hydrogen-bond acceptors (Lipinski definition) is 3. The summed E-state index contributed by atoms with van der Waals surface area (Å²) in [6.07, 6.45) is -6.11. The van der Waals surface area contributed by atoms with Crippen molar-refractivity contribution >= 4 is 26.0 Å². The van der Waals surface area contributed by atoms with Crippen LogP contribution in [0.15, 0.2) is 27.6 Å². The van der Waals surface area contributed by atoms with E-state index in [4.69, 9.17) is 0 Å². The molecule has 0 atom stereocenters. The Labute approximate surface area is 128 Å². The second-order valence-corrected chi connectivity index (χ2v) is 7.62. The molecule has 0 unspecified atom stereocenters. The van der Waals surface area contributed by atoms with Gasteiger partial charge in [-0.2, -0.15) is 13.2 Å². The molecule has 0 radical (unpaired) electrons. The van der Waals surface area contributed by atoms with E-state index in [1.165, 1.54) is 6.07 Å². The first-order valence-corrected chi connectivity index (χ1v) is 8.30. The van der Waals surface area contributed by atoms with E-state index in [-0.39, 0.29) is 4.90 Å². The van der Waals surface area contributed by atoms with Crippen molar-refractivity contribution in [1.82, 2.24) is 4.72 Å². The van der Waals surface area contributed by atoms with E-state index in [0.29, 0.717) is 10.0 Å². The summed E-state index contributed by atoms with van der Waals surface area (Å²) in [7, 11) is -3.94. The highest BCUT2D eigenvalue weighted by atomic mass is 79.9. The Morgan fingerprint density at radius 1 is 1.38 bits per heavy atom. The highest BCUT2D eigenvalue weighted by molar-refractivity contribution is 9.10. The third-order valence-corrected chi connectivity index (χ3v) is 6.34. The number of hydrogen-bond donors (Lipinski definition) is 2. The van der Waals surface area contributed by atoms with Gasteiger partial charge in [0.1, 0.15) is 0 Å². The maximum atomic E-state index is 12.5. The molecule has 0 aromatic heterocycles. The molecular weight excluding hydrogens is 375 g/mol. The summed E-state index contributed by atoms with van der Waals surface area (Å²) < 4.78 is 64.4.